The molecule has 0 radical (unpaired) electrons. The molecule has 0 unspecified atom stereocenters. The molecule has 3 heterocycles. The first-order valence-corrected chi connectivity index (χ1v) is 15.6. The van der Waals surface area contributed by atoms with Gasteiger partial charge in [-0.25, -0.2) is 0 Å². The summed E-state index contributed by atoms with van der Waals surface area (Å²) in [7, 11) is 0. The third-order valence-corrected chi connectivity index (χ3v) is 9.85. The highest BCUT2D eigenvalue weighted by Gasteiger charge is 2.37. The van der Waals surface area contributed by atoms with Gasteiger partial charge in [-0.15, -0.1) is 0 Å². The first kappa shape index (κ1) is 28.6. The molecule has 3 amide bonds. The Morgan fingerprint density at radius 1 is 0.923 bits per heavy atom. The minimum atomic E-state index is -0.601. The van der Waals surface area contributed by atoms with Gasteiger partial charge >= 0.3 is 0 Å². The van der Waals surface area contributed by atoms with Gasteiger partial charge in [0, 0.05) is 58.7 Å². The number of aromatic nitrogens is 1. The van der Waals surface area contributed by atoms with E-state index in [1.807, 2.05) is 17.2 Å². The summed E-state index contributed by atoms with van der Waals surface area (Å²) in [6, 6.07) is 6.28. The van der Waals surface area contributed by atoms with E-state index >= 15 is 0 Å². The first-order valence-electron chi connectivity index (χ1n) is 13.7. The Hall–Kier alpha value is -1.97. The molecule has 5 rings (SSSR count). The lowest BCUT2D eigenvalue weighted by Gasteiger charge is -2.38. The molecule has 2 N–H and O–H groups in total. The second kappa shape index (κ2) is 12.3. The van der Waals surface area contributed by atoms with Gasteiger partial charge < -0.3 is 15.5 Å². The van der Waals surface area contributed by atoms with Gasteiger partial charge in [-0.3, -0.25) is 19.4 Å². The number of carbonyl (C=O) groups is 3. The van der Waals surface area contributed by atoms with E-state index < -0.39 is 5.91 Å². The number of aryl methyl sites for hydroxylation is 2. The van der Waals surface area contributed by atoms with Crippen LogP contribution in [-0.2, 0) is 27.2 Å². The molecule has 0 saturated carbocycles. The molecule has 2 fully saturated rings. The van der Waals surface area contributed by atoms with Crippen LogP contribution in [0.3, 0.4) is 0 Å². The summed E-state index contributed by atoms with van der Waals surface area (Å²) in [5.41, 5.74) is 10.1. The van der Waals surface area contributed by atoms with Crippen LogP contribution in [0.1, 0.15) is 66.8 Å². The molecule has 2 aromatic rings. The summed E-state index contributed by atoms with van der Waals surface area (Å²) in [4.78, 5) is 45.0. The first-order chi connectivity index (χ1) is 18.7. The van der Waals surface area contributed by atoms with Gasteiger partial charge in [0.25, 0.3) is 0 Å². The van der Waals surface area contributed by atoms with Crippen LogP contribution in [0.25, 0.3) is 0 Å². The molecule has 2 saturated heterocycles. The quantitative estimate of drug-likeness (QED) is 0.438. The number of hydrogen-bond acceptors (Lipinski definition) is 4. The number of primary amides is 1. The van der Waals surface area contributed by atoms with Crippen LogP contribution in [0.5, 0.6) is 0 Å². The maximum absolute atomic E-state index is 13.2. The van der Waals surface area contributed by atoms with E-state index in [1.165, 1.54) is 16.7 Å². The number of nitrogens with two attached hydrogens (primary N) is 1. The standard InChI is InChI=1S/C29H33Br2ClN4O3/c30-21-12-20-2-1-19-13-22(32)14-23(31)27(19)28(29(20)34-16-21)18-5-9-36(10-6-18)25(38)11-17-3-7-35(8-4-17)26(39)15-24(33)37/h12-14,16-18,28H,1-11,15H2,(H2,33,37)/t28-/m1/s1. The Labute approximate surface area is 251 Å². The van der Waals surface area contributed by atoms with Gasteiger partial charge in [-0.05, 0) is 101 Å². The maximum Gasteiger partial charge on any atom is 0.231 e. The smallest absolute Gasteiger partial charge is 0.231 e. The summed E-state index contributed by atoms with van der Waals surface area (Å²) >= 11 is 13.9. The van der Waals surface area contributed by atoms with Gasteiger partial charge in [0.1, 0.15) is 6.42 Å². The van der Waals surface area contributed by atoms with Crippen LogP contribution >= 0.6 is 43.5 Å². The highest BCUT2D eigenvalue weighted by molar-refractivity contribution is 9.10. The molecule has 1 aliphatic carbocycles. The van der Waals surface area contributed by atoms with E-state index in [-0.39, 0.29) is 30.1 Å². The largest absolute Gasteiger partial charge is 0.369 e. The number of benzene rings is 1. The second-order valence-corrected chi connectivity index (χ2v) is 13.2. The molecular weight excluding hydrogens is 648 g/mol. The Kier molecular flexibility index (Phi) is 8.98. The molecule has 1 aromatic heterocycles. The number of rotatable bonds is 5. The molecule has 1 aromatic carbocycles. The molecule has 208 valence electrons. The molecule has 3 aliphatic rings. The van der Waals surface area contributed by atoms with Crippen molar-refractivity contribution in [2.75, 3.05) is 26.2 Å². The van der Waals surface area contributed by atoms with E-state index in [0.717, 1.165) is 71.3 Å². The van der Waals surface area contributed by atoms with Crippen LogP contribution in [0.4, 0.5) is 0 Å². The van der Waals surface area contributed by atoms with Crippen molar-refractivity contribution in [3.8, 4) is 0 Å². The number of halogens is 3. The van der Waals surface area contributed by atoms with Crippen LogP contribution in [-0.4, -0.2) is 58.7 Å². The van der Waals surface area contributed by atoms with Crippen molar-refractivity contribution in [1.82, 2.24) is 14.8 Å². The number of nitrogens with zero attached hydrogens (tertiary/aromatic N) is 3. The van der Waals surface area contributed by atoms with Crippen molar-refractivity contribution in [3.63, 3.8) is 0 Å². The van der Waals surface area contributed by atoms with E-state index in [9.17, 15) is 14.4 Å². The predicted molar refractivity (Wildman–Crippen MR) is 157 cm³/mol. The Bertz CT molecular complexity index is 1270. The molecule has 0 bridgehead atoms. The lowest BCUT2D eigenvalue weighted by molar-refractivity contribution is -0.136. The topological polar surface area (TPSA) is 96.6 Å². The molecule has 1 atom stereocenters. The van der Waals surface area contributed by atoms with E-state index in [1.54, 1.807) is 4.90 Å². The van der Waals surface area contributed by atoms with Crippen molar-refractivity contribution >= 4 is 61.2 Å². The highest BCUT2D eigenvalue weighted by atomic mass is 79.9. The molecule has 39 heavy (non-hydrogen) atoms. The predicted octanol–water partition coefficient (Wildman–Crippen LogP) is 5.23. The fraction of sp³-hybridized carbons (Fsp3) is 0.517. The van der Waals surface area contributed by atoms with Crippen LogP contribution in [0.2, 0.25) is 5.02 Å². The second-order valence-electron chi connectivity index (χ2n) is 11.0. The van der Waals surface area contributed by atoms with Crippen LogP contribution in [0, 0.1) is 11.8 Å². The van der Waals surface area contributed by atoms with Gasteiger partial charge in [0.15, 0.2) is 0 Å². The number of pyridine rings is 1. The molecule has 0 spiro atoms. The summed E-state index contributed by atoms with van der Waals surface area (Å²) in [5.74, 6) is 0.166. The third-order valence-electron chi connectivity index (χ3n) is 8.54. The zero-order valence-corrected chi connectivity index (χ0v) is 25.7. The van der Waals surface area contributed by atoms with E-state index in [4.69, 9.17) is 22.3 Å². The van der Waals surface area contributed by atoms with Crippen molar-refractivity contribution in [2.45, 2.75) is 57.3 Å². The Morgan fingerprint density at radius 2 is 1.56 bits per heavy atom. The Morgan fingerprint density at radius 3 is 2.26 bits per heavy atom. The van der Waals surface area contributed by atoms with Gasteiger partial charge in [-0.1, -0.05) is 27.5 Å². The number of likely N-dealkylation sites (tertiary alicyclic amines) is 2. The van der Waals surface area contributed by atoms with Crippen molar-refractivity contribution < 1.29 is 14.4 Å². The number of hydrogen-bond donors (Lipinski definition) is 1. The van der Waals surface area contributed by atoms with Crippen molar-refractivity contribution in [1.29, 1.82) is 0 Å². The van der Waals surface area contributed by atoms with Crippen LogP contribution < -0.4 is 5.73 Å². The minimum Gasteiger partial charge on any atom is -0.369 e. The van der Waals surface area contributed by atoms with Gasteiger partial charge in [0.05, 0.1) is 5.69 Å². The normalized spacial score (nSPS) is 20.2. The monoisotopic (exact) mass is 678 g/mol. The lowest BCUT2D eigenvalue weighted by atomic mass is 9.76. The number of piperidine rings is 2. The lowest BCUT2D eigenvalue weighted by Crippen LogP contribution is -2.43. The van der Waals surface area contributed by atoms with Crippen molar-refractivity contribution in [3.05, 3.63) is 60.7 Å². The summed E-state index contributed by atoms with van der Waals surface area (Å²) in [6.07, 6.45) is 7.39. The summed E-state index contributed by atoms with van der Waals surface area (Å²) < 4.78 is 2.03. The van der Waals surface area contributed by atoms with Gasteiger partial charge in [0.2, 0.25) is 17.7 Å². The zero-order valence-electron chi connectivity index (χ0n) is 21.8. The molecular formula is C29H33Br2ClN4O3. The average Bonchev–Trinajstić information content (AvgIpc) is 3.05. The van der Waals surface area contributed by atoms with E-state index in [0.29, 0.717) is 25.4 Å². The average molecular weight is 681 g/mol. The summed E-state index contributed by atoms with van der Waals surface area (Å²) in [5, 5.41) is 0.739. The number of fused-ring (bicyclic) bond motifs is 2. The fourth-order valence-electron chi connectivity index (χ4n) is 6.54. The third kappa shape index (κ3) is 6.51. The highest BCUT2D eigenvalue weighted by Crippen LogP contribution is 2.46. The Balaban J connectivity index is 1.24. The van der Waals surface area contributed by atoms with E-state index in [2.05, 4.69) is 44.0 Å². The molecule has 2 aliphatic heterocycles. The van der Waals surface area contributed by atoms with Crippen LogP contribution in [0.15, 0.2) is 33.3 Å². The summed E-state index contributed by atoms with van der Waals surface area (Å²) in [6.45, 7) is 2.63. The van der Waals surface area contributed by atoms with Crippen molar-refractivity contribution in [2.24, 2.45) is 17.6 Å². The van der Waals surface area contributed by atoms with Gasteiger partial charge in [-0.2, -0.15) is 0 Å². The minimum absolute atomic E-state index is 0.150. The SMILES string of the molecule is NC(=O)CC(=O)N1CCC(CC(=O)N2CCC([C@H]3c4ncc(Br)cc4CCc4cc(Cl)cc(Br)c43)CC2)CC1. The number of carbonyl (C=O) groups excluding carboxylic acids is 3. The zero-order chi connectivity index (χ0) is 27.7. The number of amides is 3. The molecule has 7 nitrogen and oxygen atoms in total. The maximum atomic E-state index is 13.2. The fourth-order valence-corrected chi connectivity index (χ4v) is 8.04. The molecule has 10 heteroatoms.